The van der Waals surface area contributed by atoms with Crippen LogP contribution >= 0.6 is 11.6 Å². The molecule has 0 radical (unpaired) electrons. The van der Waals surface area contributed by atoms with Gasteiger partial charge in [0.2, 0.25) is 0 Å². The van der Waals surface area contributed by atoms with Crippen LogP contribution in [0.4, 0.5) is 4.39 Å². The molecule has 1 fully saturated rings. The highest BCUT2D eigenvalue weighted by Gasteiger charge is 2.28. The zero-order valence-corrected chi connectivity index (χ0v) is 11.4. The van der Waals surface area contributed by atoms with Crippen LogP contribution in [0.1, 0.15) is 36.0 Å². The smallest absolute Gasteiger partial charge is 0.255 e. The van der Waals surface area contributed by atoms with Crippen LogP contribution in [0.5, 0.6) is 0 Å². The van der Waals surface area contributed by atoms with Gasteiger partial charge in [0.15, 0.2) is 0 Å². The Bertz CT molecular complexity index is 465. The fourth-order valence-electron chi connectivity index (χ4n) is 2.54. The van der Waals surface area contributed by atoms with Gasteiger partial charge in [-0.2, -0.15) is 0 Å². The summed E-state index contributed by atoms with van der Waals surface area (Å²) in [7, 11) is 0. The highest BCUT2D eigenvalue weighted by atomic mass is 35.5. The van der Waals surface area contributed by atoms with Gasteiger partial charge in [0.1, 0.15) is 5.82 Å². The summed E-state index contributed by atoms with van der Waals surface area (Å²) in [6, 6.07) is 4.28. The lowest BCUT2D eigenvalue weighted by Crippen LogP contribution is -2.44. The molecule has 1 aliphatic heterocycles. The van der Waals surface area contributed by atoms with Gasteiger partial charge < -0.3 is 10.0 Å². The summed E-state index contributed by atoms with van der Waals surface area (Å²) in [5, 5.41) is 8.94. The lowest BCUT2D eigenvalue weighted by Gasteiger charge is -2.35. The van der Waals surface area contributed by atoms with E-state index in [0.717, 1.165) is 19.3 Å². The number of benzene rings is 1. The first-order valence-corrected chi connectivity index (χ1v) is 6.88. The molecule has 1 saturated heterocycles. The number of carbonyl (C=O) groups is 1. The molecule has 0 spiro atoms. The van der Waals surface area contributed by atoms with Crippen molar-refractivity contribution in [1.29, 1.82) is 0 Å². The Morgan fingerprint density at radius 2 is 2.26 bits per heavy atom. The van der Waals surface area contributed by atoms with Crippen molar-refractivity contribution in [3.8, 4) is 0 Å². The summed E-state index contributed by atoms with van der Waals surface area (Å²) in [5.41, 5.74) is 0.200. The predicted octanol–water partition coefficient (Wildman–Crippen LogP) is 2.86. The Balaban J connectivity index is 2.23. The Kier molecular flexibility index (Phi) is 4.77. The maximum absolute atomic E-state index is 13.4. The first-order valence-electron chi connectivity index (χ1n) is 6.51. The second-order valence-electron chi connectivity index (χ2n) is 4.76. The molecule has 1 unspecified atom stereocenters. The third-order valence-corrected chi connectivity index (χ3v) is 3.92. The Morgan fingerprint density at radius 1 is 1.47 bits per heavy atom. The molecule has 1 aromatic rings. The third-order valence-electron chi connectivity index (χ3n) is 3.53. The van der Waals surface area contributed by atoms with E-state index < -0.39 is 5.82 Å². The van der Waals surface area contributed by atoms with Crippen molar-refractivity contribution in [3.63, 3.8) is 0 Å². The molecule has 1 aromatic carbocycles. The first-order chi connectivity index (χ1) is 9.15. The van der Waals surface area contributed by atoms with Crippen LogP contribution in [0, 0.1) is 5.82 Å². The van der Waals surface area contributed by atoms with Crippen molar-refractivity contribution in [2.45, 2.75) is 31.7 Å². The molecule has 1 aliphatic rings. The number of nitrogens with zero attached hydrogens (tertiary/aromatic N) is 1. The van der Waals surface area contributed by atoms with E-state index in [1.54, 1.807) is 11.0 Å². The van der Waals surface area contributed by atoms with Crippen LogP contribution < -0.4 is 0 Å². The number of carbonyl (C=O) groups excluding carboxylic acids is 1. The number of likely N-dealkylation sites (tertiary alicyclic amines) is 1. The lowest BCUT2D eigenvalue weighted by atomic mass is 9.98. The van der Waals surface area contributed by atoms with Gasteiger partial charge in [-0.1, -0.05) is 17.7 Å². The van der Waals surface area contributed by atoms with Gasteiger partial charge in [-0.3, -0.25) is 4.79 Å². The van der Waals surface area contributed by atoms with Gasteiger partial charge in [-0.15, -0.1) is 0 Å². The minimum absolute atomic E-state index is 0.0191. The van der Waals surface area contributed by atoms with E-state index in [-0.39, 0.29) is 29.1 Å². The highest BCUT2D eigenvalue weighted by Crippen LogP contribution is 2.26. The second-order valence-corrected chi connectivity index (χ2v) is 5.14. The van der Waals surface area contributed by atoms with Gasteiger partial charge >= 0.3 is 0 Å². The topological polar surface area (TPSA) is 40.5 Å². The molecule has 0 aromatic heterocycles. The summed E-state index contributed by atoms with van der Waals surface area (Å²) < 4.78 is 13.4. The van der Waals surface area contributed by atoms with Crippen molar-refractivity contribution in [2.24, 2.45) is 0 Å². The molecule has 0 saturated carbocycles. The van der Waals surface area contributed by atoms with Gasteiger partial charge in [-0.25, -0.2) is 4.39 Å². The van der Waals surface area contributed by atoms with Crippen molar-refractivity contribution < 1.29 is 14.3 Å². The zero-order valence-electron chi connectivity index (χ0n) is 10.6. The number of rotatable bonds is 3. The second kappa shape index (κ2) is 6.35. The van der Waals surface area contributed by atoms with E-state index >= 15 is 0 Å². The zero-order chi connectivity index (χ0) is 13.8. The van der Waals surface area contributed by atoms with Crippen molar-refractivity contribution in [1.82, 2.24) is 4.90 Å². The SMILES string of the molecule is O=C(c1cccc(F)c1Cl)N1CCCCC1CCO. The van der Waals surface area contributed by atoms with Gasteiger partial charge in [0, 0.05) is 19.2 Å². The molecular formula is C14H17ClFNO2. The standard InChI is InChI=1S/C14H17ClFNO2/c15-13-11(5-3-6-12(13)16)14(19)17-8-2-1-4-10(17)7-9-18/h3,5-6,10,18H,1-2,4,7-9H2. The lowest BCUT2D eigenvalue weighted by molar-refractivity contribution is 0.0574. The van der Waals surface area contributed by atoms with Gasteiger partial charge in [-0.05, 0) is 37.8 Å². The first kappa shape index (κ1) is 14.3. The maximum atomic E-state index is 13.4. The normalized spacial score (nSPS) is 19.5. The number of amides is 1. The number of hydrogen-bond acceptors (Lipinski definition) is 2. The Labute approximate surface area is 117 Å². The Morgan fingerprint density at radius 3 is 3.00 bits per heavy atom. The minimum atomic E-state index is -0.580. The number of aliphatic hydroxyl groups excluding tert-OH is 1. The average molecular weight is 286 g/mol. The van der Waals surface area contributed by atoms with Crippen LogP contribution in [0.2, 0.25) is 5.02 Å². The van der Waals surface area contributed by atoms with E-state index in [9.17, 15) is 9.18 Å². The number of hydrogen-bond donors (Lipinski definition) is 1. The van der Waals surface area contributed by atoms with Crippen LogP contribution in [-0.2, 0) is 0 Å². The number of halogens is 2. The summed E-state index contributed by atoms with van der Waals surface area (Å²) in [5.74, 6) is -0.828. The monoisotopic (exact) mass is 285 g/mol. The molecule has 0 bridgehead atoms. The molecule has 1 heterocycles. The summed E-state index contributed by atoms with van der Waals surface area (Å²) in [6.45, 7) is 0.682. The van der Waals surface area contributed by atoms with E-state index in [4.69, 9.17) is 16.7 Å². The molecule has 1 atom stereocenters. The molecule has 1 amide bonds. The Hall–Kier alpha value is -1.13. The van der Waals surface area contributed by atoms with Crippen molar-refractivity contribution in [2.75, 3.05) is 13.2 Å². The van der Waals surface area contributed by atoms with E-state index in [1.165, 1.54) is 12.1 Å². The van der Waals surface area contributed by atoms with Crippen LogP contribution in [0.15, 0.2) is 18.2 Å². The number of piperidine rings is 1. The fourth-order valence-corrected chi connectivity index (χ4v) is 2.75. The maximum Gasteiger partial charge on any atom is 0.255 e. The van der Waals surface area contributed by atoms with Gasteiger partial charge in [0.05, 0.1) is 10.6 Å². The van der Waals surface area contributed by atoms with E-state index in [1.807, 2.05) is 0 Å². The molecule has 19 heavy (non-hydrogen) atoms. The van der Waals surface area contributed by atoms with Crippen LogP contribution in [0.25, 0.3) is 0 Å². The third kappa shape index (κ3) is 3.07. The van der Waals surface area contributed by atoms with Crippen LogP contribution in [0.3, 0.4) is 0 Å². The average Bonchev–Trinajstić information content (AvgIpc) is 2.42. The summed E-state index contributed by atoms with van der Waals surface area (Å²) >= 11 is 5.86. The molecule has 0 aliphatic carbocycles. The van der Waals surface area contributed by atoms with E-state index in [0.29, 0.717) is 13.0 Å². The van der Waals surface area contributed by atoms with E-state index in [2.05, 4.69) is 0 Å². The predicted molar refractivity (Wildman–Crippen MR) is 71.8 cm³/mol. The molecule has 3 nitrogen and oxygen atoms in total. The van der Waals surface area contributed by atoms with Gasteiger partial charge in [0.25, 0.3) is 5.91 Å². The summed E-state index contributed by atoms with van der Waals surface area (Å²) in [6.07, 6.45) is 3.41. The molecule has 5 heteroatoms. The quantitative estimate of drug-likeness (QED) is 0.928. The minimum Gasteiger partial charge on any atom is -0.396 e. The summed E-state index contributed by atoms with van der Waals surface area (Å²) in [4.78, 5) is 14.2. The molecular weight excluding hydrogens is 269 g/mol. The largest absolute Gasteiger partial charge is 0.396 e. The molecule has 104 valence electrons. The molecule has 1 N–H and O–H groups in total. The van der Waals surface area contributed by atoms with Crippen molar-refractivity contribution in [3.05, 3.63) is 34.6 Å². The fraction of sp³-hybridized carbons (Fsp3) is 0.500. The van der Waals surface area contributed by atoms with Crippen LogP contribution in [-0.4, -0.2) is 35.1 Å². The molecule has 2 rings (SSSR count). The van der Waals surface area contributed by atoms with Crippen molar-refractivity contribution >= 4 is 17.5 Å². The number of aliphatic hydroxyl groups is 1. The highest BCUT2D eigenvalue weighted by molar-refractivity contribution is 6.34.